The minimum Gasteiger partial charge on any atom is -0.333 e. The van der Waals surface area contributed by atoms with Crippen molar-refractivity contribution in [3.63, 3.8) is 0 Å². The van der Waals surface area contributed by atoms with E-state index in [1.165, 1.54) is 6.08 Å². The van der Waals surface area contributed by atoms with Crippen LogP contribution in [0, 0.1) is 0 Å². The average molecular weight is 333 g/mol. The molecule has 0 fully saturated rings. The minimum atomic E-state index is -0.552. The topological polar surface area (TPSA) is 64.0 Å². The third kappa shape index (κ3) is 4.01. The summed E-state index contributed by atoms with van der Waals surface area (Å²) in [6.45, 7) is 5.05. The van der Waals surface area contributed by atoms with Crippen molar-refractivity contribution < 1.29 is 9.18 Å². The first kappa shape index (κ1) is 16.8. The highest BCUT2D eigenvalue weighted by atomic mass is 32.1. The van der Waals surface area contributed by atoms with Crippen molar-refractivity contribution >= 4 is 27.8 Å². The summed E-state index contributed by atoms with van der Waals surface area (Å²) in [5, 5.41) is 3.06. The molecule has 0 saturated carbocycles. The molecule has 2 aromatic heterocycles. The number of nitrogens with zero attached hydrogens (tertiary/aromatic N) is 2. The Morgan fingerprint density at radius 1 is 1.57 bits per heavy atom. The Kier molecular flexibility index (Phi) is 5.59. The molecule has 0 aliphatic heterocycles. The lowest BCUT2D eigenvalue weighted by Crippen LogP contribution is -2.34. The van der Waals surface area contributed by atoms with Crippen LogP contribution in [0.4, 0.5) is 9.18 Å². The Hall–Kier alpha value is -2.54. The number of fused-ring (bicyclic) bond motifs is 1. The quantitative estimate of drug-likeness (QED) is 0.856. The van der Waals surface area contributed by atoms with Crippen molar-refractivity contribution in [1.82, 2.24) is 14.3 Å². The molecule has 0 radical (unpaired) electrons. The van der Waals surface area contributed by atoms with E-state index in [0.717, 1.165) is 21.1 Å². The van der Waals surface area contributed by atoms with Crippen LogP contribution in [0.1, 0.15) is 6.92 Å². The van der Waals surface area contributed by atoms with E-state index in [1.807, 2.05) is 0 Å². The lowest BCUT2D eigenvalue weighted by molar-refractivity contribution is 0.245. The number of halogens is 1. The van der Waals surface area contributed by atoms with E-state index in [-0.39, 0.29) is 6.54 Å². The number of hydrogen-bond donors (Lipinski definition) is 1. The number of aromatic nitrogens is 2. The highest BCUT2D eigenvalue weighted by Gasteiger charge is 2.13. The first-order valence-corrected chi connectivity index (χ1v) is 7.65. The predicted octanol–water partition coefficient (Wildman–Crippen LogP) is 3.04. The predicted molar refractivity (Wildman–Crippen MR) is 90.7 cm³/mol. The summed E-state index contributed by atoms with van der Waals surface area (Å²) in [6, 6.07) is 2.75. The van der Waals surface area contributed by atoms with Gasteiger partial charge in [-0.1, -0.05) is 30.4 Å². The van der Waals surface area contributed by atoms with E-state index >= 15 is 0 Å². The smallest absolute Gasteiger partial charge is 0.333 e. The Labute approximate surface area is 136 Å². The van der Waals surface area contributed by atoms with Crippen molar-refractivity contribution in [2.75, 3.05) is 13.2 Å². The second-order valence-corrected chi connectivity index (χ2v) is 5.67. The fourth-order valence-electron chi connectivity index (χ4n) is 1.90. The molecule has 1 N–H and O–H groups in total. The van der Waals surface area contributed by atoms with Gasteiger partial charge in [0.05, 0.1) is 5.39 Å². The van der Waals surface area contributed by atoms with Crippen molar-refractivity contribution in [3.8, 4) is 0 Å². The first-order valence-electron chi connectivity index (χ1n) is 6.87. The van der Waals surface area contributed by atoms with Crippen LogP contribution in [0.3, 0.4) is 0 Å². The SMILES string of the molecule is C=C/C(=C\C(C)=C/CF)CNC(=O)n1sc2ncccc2c1=O. The molecule has 0 saturated heterocycles. The molecule has 2 aromatic rings. The lowest BCUT2D eigenvalue weighted by Gasteiger charge is -2.05. The summed E-state index contributed by atoms with van der Waals surface area (Å²) in [4.78, 5) is 28.9. The molecular weight excluding hydrogens is 317 g/mol. The van der Waals surface area contributed by atoms with Gasteiger partial charge >= 0.3 is 6.03 Å². The number of carbonyl (C=O) groups is 1. The third-order valence-electron chi connectivity index (χ3n) is 3.07. The zero-order valence-corrected chi connectivity index (χ0v) is 13.4. The number of nitrogens with one attached hydrogen (secondary N) is 1. The minimum absolute atomic E-state index is 0.188. The molecule has 120 valence electrons. The number of pyridine rings is 1. The van der Waals surface area contributed by atoms with Crippen molar-refractivity contribution in [2.45, 2.75) is 6.92 Å². The fraction of sp³-hybridized carbons (Fsp3) is 0.188. The number of amides is 1. The van der Waals surface area contributed by atoms with Crippen molar-refractivity contribution in [2.24, 2.45) is 0 Å². The van der Waals surface area contributed by atoms with Crippen molar-refractivity contribution in [3.05, 3.63) is 64.6 Å². The van der Waals surface area contributed by atoms with Gasteiger partial charge in [-0.05, 0) is 36.2 Å². The molecule has 2 heterocycles. The average Bonchev–Trinajstić information content (AvgIpc) is 2.89. The number of alkyl halides is 1. The van der Waals surface area contributed by atoms with Crippen LogP contribution in [0.25, 0.3) is 10.2 Å². The monoisotopic (exact) mass is 333 g/mol. The number of hydrogen-bond acceptors (Lipinski definition) is 4. The van der Waals surface area contributed by atoms with Crippen molar-refractivity contribution in [1.29, 1.82) is 0 Å². The number of carbonyl (C=O) groups excluding carboxylic acids is 1. The van der Waals surface area contributed by atoms with Gasteiger partial charge in [-0.2, -0.15) is 3.96 Å². The van der Waals surface area contributed by atoms with Gasteiger partial charge in [0.15, 0.2) is 0 Å². The zero-order valence-electron chi connectivity index (χ0n) is 12.6. The summed E-state index contributed by atoms with van der Waals surface area (Å²) in [6.07, 6.45) is 6.29. The Balaban J connectivity index is 2.15. The van der Waals surface area contributed by atoms with Gasteiger partial charge in [0.2, 0.25) is 0 Å². The van der Waals surface area contributed by atoms with E-state index in [1.54, 1.807) is 37.4 Å². The highest BCUT2D eigenvalue weighted by Crippen LogP contribution is 2.12. The van der Waals surface area contributed by atoms with Crippen LogP contribution in [0.2, 0.25) is 0 Å². The molecule has 0 aliphatic rings. The molecule has 0 aromatic carbocycles. The van der Waals surface area contributed by atoms with Crippen LogP contribution < -0.4 is 10.9 Å². The fourth-order valence-corrected chi connectivity index (χ4v) is 2.77. The van der Waals surface area contributed by atoms with E-state index in [0.29, 0.717) is 15.8 Å². The van der Waals surface area contributed by atoms with Crippen LogP contribution in [-0.2, 0) is 0 Å². The molecule has 0 spiro atoms. The van der Waals surface area contributed by atoms with Gasteiger partial charge in [-0.3, -0.25) is 4.79 Å². The van der Waals surface area contributed by atoms with E-state index in [2.05, 4.69) is 16.9 Å². The molecule has 0 aliphatic carbocycles. The summed E-state index contributed by atoms with van der Waals surface area (Å²) >= 11 is 0.988. The molecule has 0 atom stereocenters. The third-order valence-corrected chi connectivity index (χ3v) is 4.08. The normalized spacial score (nSPS) is 12.4. The number of rotatable bonds is 5. The van der Waals surface area contributed by atoms with Gasteiger partial charge in [0.1, 0.15) is 11.5 Å². The zero-order chi connectivity index (χ0) is 16.8. The van der Waals surface area contributed by atoms with Crippen LogP contribution >= 0.6 is 11.5 Å². The Bertz CT molecular complexity index is 848. The van der Waals surface area contributed by atoms with Gasteiger partial charge in [-0.15, -0.1) is 0 Å². The van der Waals surface area contributed by atoms with E-state index < -0.39 is 18.3 Å². The summed E-state index contributed by atoms with van der Waals surface area (Å²) < 4.78 is 13.3. The second kappa shape index (κ2) is 7.64. The van der Waals surface area contributed by atoms with Crippen LogP contribution in [0.5, 0.6) is 0 Å². The second-order valence-electron chi connectivity index (χ2n) is 4.73. The summed E-state index contributed by atoms with van der Waals surface area (Å²) in [5.41, 5.74) is 1.06. The molecular formula is C16H16FN3O2S. The largest absolute Gasteiger partial charge is 0.338 e. The first-order chi connectivity index (χ1) is 11.1. The molecule has 5 nitrogen and oxygen atoms in total. The van der Waals surface area contributed by atoms with Crippen LogP contribution in [-0.4, -0.2) is 28.2 Å². The van der Waals surface area contributed by atoms with Crippen LogP contribution in [0.15, 0.2) is 59.1 Å². The summed E-state index contributed by atoms with van der Waals surface area (Å²) in [7, 11) is 0. The maximum absolute atomic E-state index is 12.2. The molecule has 0 bridgehead atoms. The standard InChI is InChI=1S/C16H16FN3O2S/c1-3-12(9-11(2)6-7-17)10-19-16(22)20-15(21)13-5-4-8-18-14(13)23-20/h3-6,8-9H,1,7,10H2,2H3,(H,19,22)/b11-6-,12-9+. The summed E-state index contributed by atoms with van der Waals surface area (Å²) in [5.74, 6) is 0. The van der Waals surface area contributed by atoms with Gasteiger partial charge in [-0.25, -0.2) is 14.2 Å². The van der Waals surface area contributed by atoms with E-state index in [4.69, 9.17) is 0 Å². The van der Waals surface area contributed by atoms with Gasteiger partial charge in [0.25, 0.3) is 5.56 Å². The van der Waals surface area contributed by atoms with Gasteiger partial charge < -0.3 is 5.32 Å². The molecule has 23 heavy (non-hydrogen) atoms. The maximum Gasteiger partial charge on any atom is 0.338 e. The Morgan fingerprint density at radius 3 is 3.00 bits per heavy atom. The van der Waals surface area contributed by atoms with Gasteiger partial charge in [0, 0.05) is 12.7 Å². The Morgan fingerprint density at radius 2 is 2.35 bits per heavy atom. The molecule has 2 rings (SSSR count). The molecule has 7 heteroatoms. The highest BCUT2D eigenvalue weighted by molar-refractivity contribution is 7.14. The molecule has 1 amide bonds. The lowest BCUT2D eigenvalue weighted by atomic mass is 10.1. The van der Waals surface area contributed by atoms with E-state index in [9.17, 15) is 14.0 Å². The molecule has 0 unspecified atom stereocenters. The number of allylic oxidation sites excluding steroid dienone is 3. The maximum atomic E-state index is 12.2.